The Labute approximate surface area is 140 Å². The van der Waals surface area contributed by atoms with Crippen molar-refractivity contribution < 1.29 is 19.1 Å². The molecule has 0 aliphatic rings. The van der Waals surface area contributed by atoms with Crippen LogP contribution in [0.25, 0.3) is 0 Å². The van der Waals surface area contributed by atoms with Gasteiger partial charge in [-0.05, 0) is 24.3 Å². The number of amides is 2. The number of methoxy groups -OCH3 is 1. The summed E-state index contributed by atoms with van der Waals surface area (Å²) in [5.74, 6) is -0.213. The molecular formula is C18H20N2O4. The molecule has 0 saturated carbocycles. The third-order valence-corrected chi connectivity index (χ3v) is 3.15. The van der Waals surface area contributed by atoms with Crippen LogP contribution in [0.1, 0.15) is 10.4 Å². The molecule has 2 aromatic rings. The molecule has 0 aliphatic carbocycles. The molecule has 0 atom stereocenters. The largest absolute Gasteiger partial charge is 0.483 e. The maximum absolute atomic E-state index is 12.4. The predicted molar refractivity (Wildman–Crippen MR) is 91.2 cm³/mol. The summed E-state index contributed by atoms with van der Waals surface area (Å²) in [4.78, 5) is 24.1. The second-order valence-electron chi connectivity index (χ2n) is 4.95. The van der Waals surface area contributed by atoms with Gasteiger partial charge in [-0.3, -0.25) is 9.59 Å². The van der Waals surface area contributed by atoms with Crippen LogP contribution in [-0.2, 0) is 9.53 Å². The minimum atomic E-state index is -0.295. The lowest BCUT2D eigenvalue weighted by molar-refractivity contribution is -0.123. The third-order valence-electron chi connectivity index (χ3n) is 3.15. The van der Waals surface area contributed by atoms with E-state index in [9.17, 15) is 9.59 Å². The summed E-state index contributed by atoms with van der Waals surface area (Å²) in [5.41, 5.74) is 1.06. The first-order chi connectivity index (χ1) is 11.7. The van der Waals surface area contributed by atoms with Crippen LogP contribution in [0.15, 0.2) is 54.6 Å². The molecule has 0 saturated heterocycles. The average molecular weight is 328 g/mol. The lowest BCUT2D eigenvalue weighted by Crippen LogP contribution is -2.31. The van der Waals surface area contributed by atoms with Crippen molar-refractivity contribution >= 4 is 17.5 Å². The Morgan fingerprint density at radius 1 is 1.00 bits per heavy atom. The first-order valence-corrected chi connectivity index (χ1v) is 7.54. The fourth-order valence-corrected chi connectivity index (χ4v) is 1.99. The highest BCUT2D eigenvalue weighted by Gasteiger charge is 2.13. The third kappa shape index (κ3) is 5.40. The maximum Gasteiger partial charge on any atom is 0.259 e. The highest BCUT2D eigenvalue weighted by molar-refractivity contribution is 6.06. The Hall–Kier alpha value is -2.86. The highest BCUT2D eigenvalue weighted by atomic mass is 16.5. The Kier molecular flexibility index (Phi) is 6.79. The van der Waals surface area contributed by atoms with Crippen LogP contribution in [0, 0.1) is 0 Å². The zero-order chi connectivity index (χ0) is 17.2. The van der Waals surface area contributed by atoms with Crippen molar-refractivity contribution in [2.75, 3.05) is 32.2 Å². The van der Waals surface area contributed by atoms with Crippen LogP contribution in [0.2, 0.25) is 0 Å². The standard InChI is InChI=1S/C18H20N2O4/c1-23-12-11-19-17(21)13-24-16-10-6-5-9-15(16)18(22)20-14-7-3-2-4-8-14/h2-10H,11-13H2,1H3,(H,19,21)(H,20,22). The van der Waals surface area contributed by atoms with Gasteiger partial charge in [-0.1, -0.05) is 30.3 Å². The van der Waals surface area contributed by atoms with Crippen molar-refractivity contribution in [1.29, 1.82) is 0 Å². The van der Waals surface area contributed by atoms with Crippen molar-refractivity contribution in [3.05, 3.63) is 60.2 Å². The van der Waals surface area contributed by atoms with E-state index in [1.807, 2.05) is 18.2 Å². The molecule has 6 nitrogen and oxygen atoms in total. The van der Waals surface area contributed by atoms with Gasteiger partial charge in [0.2, 0.25) is 0 Å². The van der Waals surface area contributed by atoms with Crippen LogP contribution >= 0.6 is 0 Å². The summed E-state index contributed by atoms with van der Waals surface area (Å²) in [5, 5.41) is 5.44. The lowest BCUT2D eigenvalue weighted by atomic mass is 10.2. The number of hydrogen-bond donors (Lipinski definition) is 2. The van der Waals surface area contributed by atoms with Crippen LogP contribution in [0.3, 0.4) is 0 Å². The number of rotatable bonds is 8. The number of ether oxygens (including phenoxy) is 2. The summed E-state index contributed by atoms with van der Waals surface area (Å²) in [6.45, 7) is 0.677. The molecule has 0 heterocycles. The topological polar surface area (TPSA) is 76.7 Å². The SMILES string of the molecule is COCCNC(=O)COc1ccccc1C(=O)Nc1ccccc1. The molecule has 0 aliphatic heterocycles. The molecule has 0 unspecified atom stereocenters. The Bertz CT molecular complexity index is 674. The molecule has 0 spiro atoms. The zero-order valence-corrected chi connectivity index (χ0v) is 13.5. The minimum Gasteiger partial charge on any atom is -0.483 e. The van der Waals surface area contributed by atoms with E-state index in [1.54, 1.807) is 43.5 Å². The number of carbonyl (C=O) groups is 2. The minimum absolute atomic E-state index is 0.167. The smallest absolute Gasteiger partial charge is 0.259 e. The summed E-state index contributed by atoms with van der Waals surface area (Å²) >= 11 is 0. The van der Waals surface area contributed by atoms with E-state index in [-0.39, 0.29) is 18.4 Å². The molecule has 126 valence electrons. The Morgan fingerprint density at radius 2 is 1.71 bits per heavy atom. The quantitative estimate of drug-likeness (QED) is 0.728. The first kappa shape index (κ1) is 17.5. The first-order valence-electron chi connectivity index (χ1n) is 7.54. The Balaban J connectivity index is 1.96. The van der Waals surface area contributed by atoms with Crippen LogP contribution in [0.5, 0.6) is 5.75 Å². The average Bonchev–Trinajstić information content (AvgIpc) is 2.61. The number of anilines is 1. The van der Waals surface area contributed by atoms with E-state index in [2.05, 4.69) is 10.6 Å². The van der Waals surface area contributed by atoms with Gasteiger partial charge in [0, 0.05) is 19.3 Å². The molecule has 2 aromatic carbocycles. The highest BCUT2D eigenvalue weighted by Crippen LogP contribution is 2.19. The molecular weight excluding hydrogens is 308 g/mol. The van der Waals surface area contributed by atoms with Gasteiger partial charge in [-0.15, -0.1) is 0 Å². The number of benzene rings is 2. The van der Waals surface area contributed by atoms with Gasteiger partial charge in [0.05, 0.1) is 12.2 Å². The van der Waals surface area contributed by atoms with Crippen molar-refractivity contribution in [3.63, 3.8) is 0 Å². The van der Waals surface area contributed by atoms with Crippen molar-refractivity contribution in [2.24, 2.45) is 0 Å². The molecule has 2 N–H and O–H groups in total. The summed E-state index contributed by atoms with van der Waals surface area (Å²) < 4.78 is 10.3. The number of nitrogens with one attached hydrogen (secondary N) is 2. The second-order valence-corrected chi connectivity index (χ2v) is 4.95. The van der Waals surface area contributed by atoms with Crippen molar-refractivity contribution in [3.8, 4) is 5.75 Å². The number of carbonyl (C=O) groups excluding carboxylic acids is 2. The van der Waals surface area contributed by atoms with E-state index < -0.39 is 0 Å². The predicted octanol–water partition coefficient (Wildman–Crippen LogP) is 2.08. The molecule has 0 fully saturated rings. The zero-order valence-electron chi connectivity index (χ0n) is 13.5. The molecule has 0 aromatic heterocycles. The molecule has 24 heavy (non-hydrogen) atoms. The normalized spacial score (nSPS) is 10.0. The lowest BCUT2D eigenvalue weighted by Gasteiger charge is -2.12. The molecule has 2 amide bonds. The van der Waals surface area contributed by atoms with Gasteiger partial charge in [-0.25, -0.2) is 0 Å². The summed E-state index contributed by atoms with van der Waals surface area (Å²) in [6, 6.07) is 15.9. The van der Waals surface area contributed by atoms with Crippen molar-refractivity contribution in [1.82, 2.24) is 5.32 Å². The van der Waals surface area contributed by atoms with Crippen molar-refractivity contribution in [2.45, 2.75) is 0 Å². The second kappa shape index (κ2) is 9.32. The summed E-state index contributed by atoms with van der Waals surface area (Å²) in [6.07, 6.45) is 0. The number of hydrogen-bond acceptors (Lipinski definition) is 4. The van der Waals surface area contributed by atoms with Gasteiger partial charge in [0.15, 0.2) is 6.61 Å². The van der Waals surface area contributed by atoms with Crippen LogP contribution in [0.4, 0.5) is 5.69 Å². The molecule has 2 rings (SSSR count). The van der Waals surface area contributed by atoms with E-state index in [0.29, 0.717) is 30.2 Å². The van der Waals surface area contributed by atoms with Gasteiger partial charge >= 0.3 is 0 Å². The van der Waals surface area contributed by atoms with Gasteiger partial charge < -0.3 is 20.1 Å². The monoisotopic (exact) mass is 328 g/mol. The van der Waals surface area contributed by atoms with E-state index in [0.717, 1.165) is 0 Å². The van der Waals surface area contributed by atoms with E-state index in [4.69, 9.17) is 9.47 Å². The maximum atomic E-state index is 12.4. The van der Waals surface area contributed by atoms with Gasteiger partial charge in [-0.2, -0.15) is 0 Å². The van der Waals surface area contributed by atoms with Crippen LogP contribution in [-0.4, -0.2) is 38.7 Å². The summed E-state index contributed by atoms with van der Waals surface area (Å²) in [7, 11) is 1.56. The van der Waals surface area contributed by atoms with Crippen LogP contribution < -0.4 is 15.4 Å². The number of para-hydroxylation sites is 2. The molecule has 6 heteroatoms. The van der Waals surface area contributed by atoms with E-state index in [1.165, 1.54) is 0 Å². The van der Waals surface area contributed by atoms with E-state index >= 15 is 0 Å². The fraction of sp³-hybridized carbons (Fsp3) is 0.222. The van der Waals surface area contributed by atoms with Gasteiger partial charge in [0.1, 0.15) is 5.75 Å². The molecule has 0 bridgehead atoms. The fourth-order valence-electron chi connectivity index (χ4n) is 1.99. The van der Waals surface area contributed by atoms with Gasteiger partial charge in [0.25, 0.3) is 11.8 Å². The molecule has 0 radical (unpaired) electrons. The Morgan fingerprint density at radius 3 is 2.46 bits per heavy atom.